The molecule has 0 unspecified atom stereocenters. The quantitative estimate of drug-likeness (QED) is 0.711. The summed E-state index contributed by atoms with van der Waals surface area (Å²) in [5, 5.41) is 3.03. The van der Waals surface area contributed by atoms with E-state index >= 15 is 0 Å². The number of nitrogens with zero attached hydrogens (tertiary/aromatic N) is 1. The van der Waals surface area contributed by atoms with E-state index in [2.05, 4.69) is 10.3 Å². The molecule has 2 aromatic carbocycles. The average Bonchev–Trinajstić information content (AvgIpc) is 2.80. The molecule has 0 aliphatic rings. The lowest BCUT2D eigenvalue weighted by Crippen LogP contribution is -2.13. The van der Waals surface area contributed by atoms with Gasteiger partial charge in [0.25, 0.3) is 5.91 Å². The van der Waals surface area contributed by atoms with Crippen LogP contribution in [0.1, 0.15) is 10.4 Å². The van der Waals surface area contributed by atoms with Crippen LogP contribution in [0.25, 0.3) is 10.2 Å². The Bertz CT molecular complexity index is 767. The van der Waals surface area contributed by atoms with Gasteiger partial charge in [0.2, 0.25) is 0 Å². The van der Waals surface area contributed by atoms with E-state index in [1.54, 1.807) is 0 Å². The molecule has 4 nitrogen and oxygen atoms in total. The number of aromatic nitrogens is 1. The maximum Gasteiger partial charge on any atom is 0.260 e. The summed E-state index contributed by atoms with van der Waals surface area (Å²) >= 11 is 1.34. The Morgan fingerprint density at radius 1 is 1.25 bits per heavy atom. The molecule has 0 radical (unpaired) electrons. The molecule has 0 spiro atoms. The molecule has 100 valence electrons. The summed E-state index contributed by atoms with van der Waals surface area (Å²) in [6.45, 7) is 0. The summed E-state index contributed by atoms with van der Waals surface area (Å²) in [5.41, 5.74) is 6.47. The van der Waals surface area contributed by atoms with Crippen LogP contribution in [-0.2, 0) is 0 Å². The van der Waals surface area contributed by atoms with E-state index in [0.717, 1.165) is 16.3 Å². The number of carbonyl (C=O) groups is 1. The average molecular weight is 287 g/mol. The molecule has 3 rings (SSSR count). The highest BCUT2D eigenvalue weighted by atomic mass is 32.1. The van der Waals surface area contributed by atoms with E-state index in [4.69, 9.17) is 5.73 Å². The number of amides is 1. The molecule has 0 fully saturated rings. The number of benzene rings is 2. The Kier molecular flexibility index (Phi) is 3.08. The van der Waals surface area contributed by atoms with Gasteiger partial charge in [0.1, 0.15) is 5.82 Å². The lowest BCUT2D eigenvalue weighted by atomic mass is 10.2. The van der Waals surface area contributed by atoms with E-state index in [-0.39, 0.29) is 11.3 Å². The second-order valence-corrected chi connectivity index (χ2v) is 5.21. The van der Waals surface area contributed by atoms with Crippen LogP contribution in [0.3, 0.4) is 0 Å². The van der Waals surface area contributed by atoms with Crippen molar-refractivity contribution >= 4 is 38.3 Å². The Balaban J connectivity index is 1.88. The number of nitrogen functional groups attached to an aromatic ring is 1. The van der Waals surface area contributed by atoms with Gasteiger partial charge in [-0.15, -0.1) is 0 Å². The number of nitrogens with one attached hydrogen (secondary N) is 1. The monoisotopic (exact) mass is 287 g/mol. The van der Waals surface area contributed by atoms with Crippen molar-refractivity contribution in [2.45, 2.75) is 0 Å². The van der Waals surface area contributed by atoms with Gasteiger partial charge in [0.15, 0.2) is 5.13 Å². The predicted octanol–water partition coefficient (Wildman–Crippen LogP) is 3.27. The third kappa shape index (κ3) is 2.33. The molecule has 0 saturated heterocycles. The number of thiazole rings is 1. The van der Waals surface area contributed by atoms with Crippen molar-refractivity contribution in [1.82, 2.24) is 4.98 Å². The summed E-state index contributed by atoms with van der Waals surface area (Å²) in [6, 6.07) is 11.5. The molecule has 1 amide bonds. The van der Waals surface area contributed by atoms with Crippen LogP contribution in [0, 0.1) is 5.82 Å². The standard InChI is InChI=1S/C14H10FN3OS/c15-10-7-8(16)5-6-9(10)13(19)18-14-17-11-3-1-2-4-12(11)20-14/h1-7H,16H2,(H,17,18,19). The van der Waals surface area contributed by atoms with Crippen LogP contribution in [0.4, 0.5) is 15.2 Å². The summed E-state index contributed by atoms with van der Waals surface area (Å²) in [7, 11) is 0. The summed E-state index contributed by atoms with van der Waals surface area (Å²) in [4.78, 5) is 16.3. The van der Waals surface area contributed by atoms with Gasteiger partial charge in [-0.1, -0.05) is 23.5 Å². The van der Waals surface area contributed by atoms with Gasteiger partial charge < -0.3 is 5.73 Å². The number of para-hydroxylation sites is 1. The Morgan fingerprint density at radius 2 is 2.05 bits per heavy atom. The molecular formula is C14H10FN3OS. The molecule has 0 bridgehead atoms. The first-order valence-electron chi connectivity index (χ1n) is 5.85. The second-order valence-electron chi connectivity index (χ2n) is 4.18. The van der Waals surface area contributed by atoms with Crippen molar-refractivity contribution in [3.05, 3.63) is 53.8 Å². The zero-order valence-corrected chi connectivity index (χ0v) is 11.1. The highest BCUT2D eigenvalue weighted by molar-refractivity contribution is 7.22. The van der Waals surface area contributed by atoms with Crippen molar-refractivity contribution in [3.63, 3.8) is 0 Å². The van der Waals surface area contributed by atoms with Crippen LogP contribution in [0.15, 0.2) is 42.5 Å². The molecule has 20 heavy (non-hydrogen) atoms. The lowest BCUT2D eigenvalue weighted by molar-refractivity contribution is 0.102. The van der Waals surface area contributed by atoms with Gasteiger partial charge >= 0.3 is 0 Å². The fraction of sp³-hybridized carbons (Fsp3) is 0. The minimum Gasteiger partial charge on any atom is -0.399 e. The minimum absolute atomic E-state index is 0.0570. The number of halogens is 1. The Labute approximate surface area is 118 Å². The summed E-state index contributed by atoms with van der Waals surface area (Å²) in [5.74, 6) is -1.19. The second kappa shape index (κ2) is 4.90. The van der Waals surface area contributed by atoms with Crippen LogP contribution in [-0.4, -0.2) is 10.9 Å². The lowest BCUT2D eigenvalue weighted by Gasteiger charge is -2.03. The van der Waals surface area contributed by atoms with Crippen LogP contribution >= 0.6 is 11.3 Å². The number of rotatable bonds is 2. The highest BCUT2D eigenvalue weighted by Gasteiger charge is 2.14. The summed E-state index contributed by atoms with van der Waals surface area (Å²) in [6.07, 6.45) is 0. The van der Waals surface area contributed by atoms with Gasteiger partial charge in [0.05, 0.1) is 15.8 Å². The minimum atomic E-state index is -0.649. The predicted molar refractivity (Wildman–Crippen MR) is 78.4 cm³/mol. The van der Waals surface area contributed by atoms with E-state index in [1.165, 1.54) is 23.5 Å². The first-order valence-corrected chi connectivity index (χ1v) is 6.67. The zero-order chi connectivity index (χ0) is 14.1. The zero-order valence-electron chi connectivity index (χ0n) is 10.3. The number of anilines is 2. The van der Waals surface area contributed by atoms with E-state index in [9.17, 15) is 9.18 Å². The molecule has 0 aliphatic carbocycles. The largest absolute Gasteiger partial charge is 0.399 e. The number of nitrogens with two attached hydrogens (primary N) is 1. The van der Waals surface area contributed by atoms with Gasteiger partial charge in [-0.3, -0.25) is 10.1 Å². The Morgan fingerprint density at radius 3 is 2.80 bits per heavy atom. The molecule has 0 aliphatic heterocycles. The molecule has 3 N–H and O–H groups in total. The maximum atomic E-state index is 13.7. The van der Waals surface area contributed by atoms with Crippen molar-refractivity contribution in [3.8, 4) is 0 Å². The van der Waals surface area contributed by atoms with Crippen molar-refractivity contribution in [2.75, 3.05) is 11.1 Å². The van der Waals surface area contributed by atoms with E-state index in [0.29, 0.717) is 5.13 Å². The van der Waals surface area contributed by atoms with E-state index in [1.807, 2.05) is 24.3 Å². The van der Waals surface area contributed by atoms with Gasteiger partial charge in [-0.2, -0.15) is 0 Å². The summed E-state index contributed by atoms with van der Waals surface area (Å²) < 4.78 is 14.6. The fourth-order valence-electron chi connectivity index (χ4n) is 1.81. The Hall–Kier alpha value is -2.47. The first kappa shape index (κ1) is 12.6. The fourth-order valence-corrected chi connectivity index (χ4v) is 2.67. The van der Waals surface area contributed by atoms with Crippen molar-refractivity contribution in [1.29, 1.82) is 0 Å². The first-order chi connectivity index (χ1) is 9.63. The van der Waals surface area contributed by atoms with Crippen molar-refractivity contribution in [2.24, 2.45) is 0 Å². The van der Waals surface area contributed by atoms with Crippen molar-refractivity contribution < 1.29 is 9.18 Å². The normalized spacial score (nSPS) is 10.7. The molecule has 3 aromatic rings. The van der Waals surface area contributed by atoms with Gasteiger partial charge in [-0.05, 0) is 30.3 Å². The highest BCUT2D eigenvalue weighted by Crippen LogP contribution is 2.26. The van der Waals surface area contributed by atoms with Gasteiger partial charge in [0, 0.05) is 5.69 Å². The van der Waals surface area contributed by atoms with Crippen LogP contribution in [0.5, 0.6) is 0 Å². The smallest absolute Gasteiger partial charge is 0.260 e. The molecule has 0 saturated carbocycles. The number of fused-ring (bicyclic) bond motifs is 1. The third-order valence-corrected chi connectivity index (χ3v) is 3.70. The SMILES string of the molecule is Nc1ccc(C(=O)Nc2nc3ccccc3s2)c(F)c1. The topological polar surface area (TPSA) is 68.0 Å². The van der Waals surface area contributed by atoms with Gasteiger partial charge in [-0.25, -0.2) is 9.37 Å². The molecular weight excluding hydrogens is 277 g/mol. The molecule has 0 atom stereocenters. The molecule has 6 heteroatoms. The number of carbonyl (C=O) groups excluding carboxylic acids is 1. The number of hydrogen-bond donors (Lipinski definition) is 2. The van der Waals surface area contributed by atoms with Crippen LogP contribution in [0.2, 0.25) is 0 Å². The maximum absolute atomic E-state index is 13.7. The van der Waals surface area contributed by atoms with Crippen LogP contribution < -0.4 is 11.1 Å². The molecule has 1 aromatic heterocycles. The molecule has 1 heterocycles. The number of hydrogen-bond acceptors (Lipinski definition) is 4. The third-order valence-electron chi connectivity index (χ3n) is 2.75. The van der Waals surface area contributed by atoms with E-state index < -0.39 is 11.7 Å².